The monoisotopic (exact) mass is 355 g/mol. The highest BCUT2D eigenvalue weighted by Crippen LogP contribution is 2.21. The summed E-state index contributed by atoms with van der Waals surface area (Å²) in [7, 11) is 0. The van der Waals surface area contributed by atoms with Gasteiger partial charge in [-0.3, -0.25) is 10.1 Å². The SMILES string of the molecule is O=[N+]([O-])c1cccc(COc2ccccc2I)c1. The molecule has 2 rings (SSSR count). The zero-order valence-corrected chi connectivity index (χ0v) is 11.5. The summed E-state index contributed by atoms with van der Waals surface area (Å²) < 4.78 is 6.64. The van der Waals surface area contributed by atoms with E-state index in [2.05, 4.69) is 22.6 Å². The number of nitrogens with zero attached hydrogens (tertiary/aromatic N) is 1. The van der Waals surface area contributed by atoms with E-state index in [1.807, 2.05) is 30.3 Å². The first-order valence-corrected chi connectivity index (χ1v) is 6.35. The Morgan fingerprint density at radius 2 is 1.94 bits per heavy atom. The summed E-state index contributed by atoms with van der Waals surface area (Å²) in [6, 6.07) is 14.1. The second-order valence-electron chi connectivity index (χ2n) is 3.65. The maximum atomic E-state index is 10.6. The Bertz CT molecular complexity index is 572. The van der Waals surface area contributed by atoms with Crippen LogP contribution in [0.25, 0.3) is 0 Å². The van der Waals surface area contributed by atoms with Crippen molar-refractivity contribution in [2.45, 2.75) is 6.61 Å². The topological polar surface area (TPSA) is 52.4 Å². The van der Waals surface area contributed by atoms with Crippen LogP contribution in [0.3, 0.4) is 0 Å². The molecule has 0 aromatic heterocycles. The van der Waals surface area contributed by atoms with Crippen LogP contribution < -0.4 is 4.74 Å². The Morgan fingerprint density at radius 3 is 2.67 bits per heavy atom. The van der Waals surface area contributed by atoms with Crippen molar-refractivity contribution in [3.05, 3.63) is 67.8 Å². The van der Waals surface area contributed by atoms with Crippen LogP contribution in [0.1, 0.15) is 5.56 Å². The molecule has 0 aliphatic heterocycles. The van der Waals surface area contributed by atoms with E-state index in [1.165, 1.54) is 12.1 Å². The first-order valence-electron chi connectivity index (χ1n) is 5.27. The van der Waals surface area contributed by atoms with Gasteiger partial charge in [-0.25, -0.2) is 0 Å². The van der Waals surface area contributed by atoms with Crippen LogP contribution in [0, 0.1) is 13.7 Å². The van der Waals surface area contributed by atoms with Crippen LogP contribution in [0.5, 0.6) is 5.75 Å². The largest absolute Gasteiger partial charge is 0.488 e. The van der Waals surface area contributed by atoms with Crippen LogP contribution in [0.15, 0.2) is 48.5 Å². The molecule has 92 valence electrons. The molecule has 0 aliphatic rings. The van der Waals surface area contributed by atoms with Gasteiger partial charge in [-0.2, -0.15) is 0 Å². The third-order valence-electron chi connectivity index (χ3n) is 2.35. The predicted molar refractivity (Wildman–Crippen MR) is 76.6 cm³/mol. The molecule has 0 amide bonds. The molecular weight excluding hydrogens is 345 g/mol. The van der Waals surface area contributed by atoms with E-state index in [0.717, 1.165) is 14.9 Å². The molecule has 0 aliphatic carbocycles. The molecule has 0 bridgehead atoms. The molecular formula is C13H10INO3. The number of nitro groups is 1. The number of ether oxygens (including phenoxy) is 1. The summed E-state index contributed by atoms with van der Waals surface area (Å²) in [5.74, 6) is 0.782. The van der Waals surface area contributed by atoms with E-state index in [1.54, 1.807) is 6.07 Å². The normalized spacial score (nSPS) is 10.1. The van der Waals surface area contributed by atoms with Crippen molar-refractivity contribution < 1.29 is 9.66 Å². The second kappa shape index (κ2) is 5.81. The number of hydrogen-bond donors (Lipinski definition) is 0. The summed E-state index contributed by atoms with van der Waals surface area (Å²) in [5.41, 5.74) is 0.864. The van der Waals surface area contributed by atoms with Gasteiger partial charge in [-0.05, 0) is 40.3 Å². The highest BCUT2D eigenvalue weighted by molar-refractivity contribution is 14.1. The molecule has 18 heavy (non-hydrogen) atoms. The number of para-hydroxylation sites is 1. The lowest BCUT2D eigenvalue weighted by atomic mass is 10.2. The highest BCUT2D eigenvalue weighted by atomic mass is 127. The number of rotatable bonds is 4. The lowest BCUT2D eigenvalue weighted by Crippen LogP contribution is -1.98. The minimum atomic E-state index is -0.407. The quantitative estimate of drug-likeness (QED) is 0.477. The predicted octanol–water partition coefficient (Wildman–Crippen LogP) is 3.78. The van der Waals surface area contributed by atoms with Gasteiger partial charge >= 0.3 is 0 Å². The number of halogens is 1. The van der Waals surface area contributed by atoms with Crippen LogP contribution in [-0.4, -0.2) is 4.92 Å². The average molecular weight is 355 g/mol. The minimum Gasteiger partial charge on any atom is -0.488 e. The van der Waals surface area contributed by atoms with Gasteiger partial charge in [0.15, 0.2) is 0 Å². The molecule has 2 aromatic rings. The smallest absolute Gasteiger partial charge is 0.269 e. The third-order valence-corrected chi connectivity index (χ3v) is 3.24. The lowest BCUT2D eigenvalue weighted by molar-refractivity contribution is -0.384. The van der Waals surface area contributed by atoms with Crippen molar-refractivity contribution >= 4 is 28.3 Å². The highest BCUT2D eigenvalue weighted by Gasteiger charge is 2.06. The summed E-state index contributed by atoms with van der Waals surface area (Å²) in [6.07, 6.45) is 0. The maximum absolute atomic E-state index is 10.6. The Labute approximate surface area is 118 Å². The molecule has 0 N–H and O–H groups in total. The van der Waals surface area contributed by atoms with Crippen molar-refractivity contribution in [3.8, 4) is 5.75 Å². The van der Waals surface area contributed by atoms with Gasteiger partial charge in [0.25, 0.3) is 5.69 Å². The number of benzene rings is 2. The molecule has 5 heteroatoms. The van der Waals surface area contributed by atoms with Crippen molar-refractivity contribution in [3.63, 3.8) is 0 Å². The molecule has 0 saturated carbocycles. The Kier molecular flexibility index (Phi) is 4.14. The van der Waals surface area contributed by atoms with Crippen molar-refractivity contribution in [1.29, 1.82) is 0 Å². The van der Waals surface area contributed by atoms with Crippen molar-refractivity contribution in [2.75, 3.05) is 0 Å². The molecule has 0 atom stereocenters. The average Bonchev–Trinajstić information content (AvgIpc) is 2.38. The standard InChI is InChI=1S/C13H10INO3/c14-12-6-1-2-7-13(12)18-9-10-4-3-5-11(8-10)15(16)17/h1-8H,9H2. The van der Waals surface area contributed by atoms with E-state index in [-0.39, 0.29) is 5.69 Å². The zero-order valence-electron chi connectivity index (χ0n) is 9.38. The van der Waals surface area contributed by atoms with Gasteiger partial charge in [-0.15, -0.1) is 0 Å². The summed E-state index contributed by atoms with van der Waals surface area (Å²) in [6.45, 7) is 0.321. The summed E-state index contributed by atoms with van der Waals surface area (Å²) in [4.78, 5) is 10.2. The maximum Gasteiger partial charge on any atom is 0.269 e. The molecule has 0 unspecified atom stereocenters. The van der Waals surface area contributed by atoms with Crippen LogP contribution in [0.2, 0.25) is 0 Å². The number of nitro benzene ring substituents is 1. The van der Waals surface area contributed by atoms with Gasteiger partial charge in [0.2, 0.25) is 0 Å². The van der Waals surface area contributed by atoms with Crippen LogP contribution >= 0.6 is 22.6 Å². The van der Waals surface area contributed by atoms with E-state index in [0.29, 0.717) is 6.61 Å². The lowest BCUT2D eigenvalue weighted by Gasteiger charge is -2.07. The Hall–Kier alpha value is -1.63. The molecule has 2 aromatic carbocycles. The van der Waals surface area contributed by atoms with Crippen LogP contribution in [-0.2, 0) is 6.61 Å². The van der Waals surface area contributed by atoms with E-state index >= 15 is 0 Å². The molecule has 0 spiro atoms. The fraction of sp³-hybridized carbons (Fsp3) is 0.0769. The Morgan fingerprint density at radius 1 is 1.17 bits per heavy atom. The first-order chi connectivity index (χ1) is 8.66. The van der Waals surface area contributed by atoms with Crippen molar-refractivity contribution in [1.82, 2.24) is 0 Å². The minimum absolute atomic E-state index is 0.0823. The van der Waals surface area contributed by atoms with E-state index in [9.17, 15) is 10.1 Å². The van der Waals surface area contributed by atoms with E-state index in [4.69, 9.17) is 4.74 Å². The Balaban J connectivity index is 2.09. The number of non-ortho nitro benzene ring substituents is 1. The summed E-state index contributed by atoms with van der Waals surface area (Å²) in [5, 5.41) is 10.6. The molecule has 4 nitrogen and oxygen atoms in total. The summed E-state index contributed by atoms with van der Waals surface area (Å²) >= 11 is 2.19. The molecule has 0 radical (unpaired) electrons. The molecule has 0 fully saturated rings. The molecule has 0 saturated heterocycles. The van der Waals surface area contributed by atoms with Gasteiger partial charge in [0, 0.05) is 12.1 Å². The van der Waals surface area contributed by atoms with Crippen molar-refractivity contribution in [2.24, 2.45) is 0 Å². The zero-order chi connectivity index (χ0) is 13.0. The second-order valence-corrected chi connectivity index (χ2v) is 4.81. The van der Waals surface area contributed by atoms with Gasteiger partial charge in [-0.1, -0.05) is 24.3 Å². The molecule has 0 heterocycles. The third kappa shape index (κ3) is 3.19. The van der Waals surface area contributed by atoms with E-state index < -0.39 is 4.92 Å². The first kappa shape index (κ1) is 12.8. The van der Waals surface area contributed by atoms with Gasteiger partial charge < -0.3 is 4.74 Å². The number of hydrogen-bond acceptors (Lipinski definition) is 3. The fourth-order valence-electron chi connectivity index (χ4n) is 1.48. The van der Waals surface area contributed by atoms with Gasteiger partial charge in [0.1, 0.15) is 12.4 Å². The van der Waals surface area contributed by atoms with Crippen LogP contribution in [0.4, 0.5) is 5.69 Å². The van der Waals surface area contributed by atoms with Gasteiger partial charge in [0.05, 0.1) is 8.49 Å². The fourth-order valence-corrected chi connectivity index (χ4v) is 2.03.